The van der Waals surface area contributed by atoms with Gasteiger partial charge in [0.2, 0.25) is 0 Å². The van der Waals surface area contributed by atoms with Crippen LogP contribution in [0.3, 0.4) is 0 Å². The van der Waals surface area contributed by atoms with Gasteiger partial charge in [-0.05, 0) is 39.0 Å². The Balaban J connectivity index is 2.15. The van der Waals surface area contributed by atoms with Crippen molar-refractivity contribution in [3.63, 3.8) is 0 Å². The Bertz CT molecular complexity index is 631. The molecule has 1 aromatic carbocycles. The summed E-state index contributed by atoms with van der Waals surface area (Å²) in [7, 11) is 0. The molecule has 7 heteroatoms. The molecular weight excluding hydrogens is 334 g/mol. The van der Waals surface area contributed by atoms with Gasteiger partial charge in [-0.3, -0.25) is 4.79 Å². The lowest BCUT2D eigenvalue weighted by Gasteiger charge is -2.39. The number of ether oxygens (including phenoxy) is 2. The van der Waals surface area contributed by atoms with Crippen LogP contribution in [0.4, 0.5) is 0 Å². The molecule has 0 bridgehead atoms. The third-order valence-electron chi connectivity index (χ3n) is 3.99. The Labute approximate surface area is 154 Å². The molecule has 1 aromatic rings. The number of phenolic OH excluding ortho intramolecular Hbond substituents is 1. The Hall–Kier alpha value is -2.25. The lowest BCUT2D eigenvalue weighted by Crippen LogP contribution is -2.51. The summed E-state index contributed by atoms with van der Waals surface area (Å²) in [5.74, 6) is 1.23. The maximum atomic E-state index is 11.2. The summed E-state index contributed by atoms with van der Waals surface area (Å²) in [4.78, 5) is 13.4. The molecular formula is C19H29N3O4. The molecule has 1 aliphatic heterocycles. The zero-order chi connectivity index (χ0) is 19.1. The maximum absolute atomic E-state index is 11.2. The number of carbonyl (C=O) groups is 1. The minimum atomic E-state index is -0.0896. The normalized spacial score (nSPS) is 19.3. The number of phenols is 1. The molecule has 144 valence electrons. The van der Waals surface area contributed by atoms with E-state index in [1.807, 2.05) is 13.0 Å². The average molecular weight is 363 g/mol. The van der Waals surface area contributed by atoms with Crippen LogP contribution in [0.1, 0.15) is 31.1 Å². The molecule has 1 saturated heterocycles. The number of hydrogen-bond donors (Lipinski definition) is 3. The van der Waals surface area contributed by atoms with Crippen molar-refractivity contribution in [3.05, 3.63) is 35.7 Å². The number of benzene rings is 1. The highest BCUT2D eigenvalue weighted by Crippen LogP contribution is 2.26. The molecule has 1 heterocycles. The summed E-state index contributed by atoms with van der Waals surface area (Å²) in [5.41, 5.74) is 6.12. The topological polar surface area (TPSA) is 97.1 Å². The van der Waals surface area contributed by atoms with Crippen LogP contribution in [0.15, 0.2) is 30.1 Å². The van der Waals surface area contributed by atoms with Crippen LogP contribution >= 0.6 is 0 Å². The second-order valence-electron chi connectivity index (χ2n) is 6.75. The van der Waals surface area contributed by atoms with Gasteiger partial charge >= 0.3 is 0 Å². The van der Waals surface area contributed by atoms with Crippen molar-refractivity contribution in [2.45, 2.75) is 38.9 Å². The fourth-order valence-electron chi connectivity index (χ4n) is 2.84. The number of hydrogen-bond acceptors (Lipinski definition) is 7. The van der Waals surface area contributed by atoms with Crippen LogP contribution in [-0.4, -0.2) is 60.8 Å². The smallest absolute Gasteiger partial charge is 0.157 e. The minimum Gasteiger partial charge on any atom is -0.507 e. The molecule has 7 nitrogen and oxygen atoms in total. The third kappa shape index (κ3) is 5.37. The molecule has 26 heavy (non-hydrogen) atoms. The molecule has 0 unspecified atom stereocenters. The molecule has 0 radical (unpaired) electrons. The van der Waals surface area contributed by atoms with Crippen LogP contribution in [0.25, 0.3) is 0 Å². The molecule has 0 aromatic heterocycles. The quantitative estimate of drug-likeness (QED) is 0.602. The number of carbonyl (C=O) groups excluding carboxylic acids is 1. The maximum Gasteiger partial charge on any atom is 0.157 e. The summed E-state index contributed by atoms with van der Waals surface area (Å²) in [6.07, 6.45) is 2.59. The first kappa shape index (κ1) is 20.1. The van der Waals surface area contributed by atoms with Gasteiger partial charge in [-0.15, -0.1) is 0 Å². The lowest BCUT2D eigenvalue weighted by molar-refractivity contribution is -0.0110. The number of aromatic hydroxyl groups is 1. The van der Waals surface area contributed by atoms with E-state index in [2.05, 4.69) is 24.1 Å². The zero-order valence-corrected chi connectivity index (χ0v) is 15.6. The molecule has 4 N–H and O–H groups in total. The van der Waals surface area contributed by atoms with Crippen LogP contribution in [0.2, 0.25) is 0 Å². The first-order valence-corrected chi connectivity index (χ1v) is 8.90. The van der Waals surface area contributed by atoms with E-state index in [1.165, 1.54) is 6.07 Å². The van der Waals surface area contributed by atoms with E-state index in [0.717, 1.165) is 5.82 Å². The van der Waals surface area contributed by atoms with Gasteiger partial charge in [0.15, 0.2) is 6.29 Å². The van der Waals surface area contributed by atoms with Gasteiger partial charge in [0.05, 0.1) is 30.6 Å². The first-order valence-electron chi connectivity index (χ1n) is 8.90. The zero-order valence-electron chi connectivity index (χ0n) is 15.6. The summed E-state index contributed by atoms with van der Waals surface area (Å²) in [6.45, 7) is 8.24. The summed E-state index contributed by atoms with van der Waals surface area (Å²) >= 11 is 0. The molecule has 0 amide bonds. The Morgan fingerprint density at radius 3 is 2.92 bits per heavy atom. The van der Waals surface area contributed by atoms with Crippen molar-refractivity contribution < 1.29 is 19.4 Å². The van der Waals surface area contributed by atoms with Gasteiger partial charge in [-0.2, -0.15) is 0 Å². The standard InChI is InChI=1S/C19H29N3O4/c1-13(2)21-19(9-14(3)20)22-7-8-25-11-15(22)12-26-18-6-4-5-17(24)16(18)10-23/h4-6,9-10,13-15,21,24H,7-8,11-12,20H2,1-3H3/b19-9+/t14-,15+/m1/s1. The fourth-order valence-corrected chi connectivity index (χ4v) is 2.84. The summed E-state index contributed by atoms with van der Waals surface area (Å²) in [5, 5.41) is 13.2. The van der Waals surface area contributed by atoms with Gasteiger partial charge in [0.1, 0.15) is 18.1 Å². The van der Waals surface area contributed by atoms with Crippen molar-refractivity contribution in [1.29, 1.82) is 0 Å². The highest BCUT2D eigenvalue weighted by molar-refractivity contribution is 5.83. The predicted molar refractivity (Wildman–Crippen MR) is 100 cm³/mol. The van der Waals surface area contributed by atoms with Crippen molar-refractivity contribution in [2.24, 2.45) is 5.73 Å². The van der Waals surface area contributed by atoms with Gasteiger partial charge in [-0.25, -0.2) is 0 Å². The number of morpholine rings is 1. The number of rotatable bonds is 8. The van der Waals surface area contributed by atoms with Crippen molar-refractivity contribution in [2.75, 3.05) is 26.4 Å². The van der Waals surface area contributed by atoms with E-state index in [-0.39, 0.29) is 29.4 Å². The number of nitrogens with one attached hydrogen (secondary N) is 1. The molecule has 1 aliphatic rings. The largest absolute Gasteiger partial charge is 0.507 e. The van der Waals surface area contributed by atoms with E-state index in [9.17, 15) is 9.90 Å². The first-order chi connectivity index (χ1) is 12.4. The minimum absolute atomic E-state index is 0.0400. The average Bonchev–Trinajstić information content (AvgIpc) is 2.59. The summed E-state index contributed by atoms with van der Waals surface area (Å²) < 4.78 is 11.5. The van der Waals surface area contributed by atoms with Crippen LogP contribution < -0.4 is 15.8 Å². The molecule has 2 atom stereocenters. The van der Waals surface area contributed by atoms with E-state index < -0.39 is 0 Å². The van der Waals surface area contributed by atoms with Gasteiger partial charge in [-0.1, -0.05) is 6.07 Å². The van der Waals surface area contributed by atoms with Gasteiger partial charge < -0.3 is 30.5 Å². The van der Waals surface area contributed by atoms with Crippen LogP contribution in [-0.2, 0) is 4.74 Å². The highest BCUT2D eigenvalue weighted by atomic mass is 16.5. The molecule has 0 aliphatic carbocycles. The van der Waals surface area contributed by atoms with E-state index in [1.54, 1.807) is 12.1 Å². The highest BCUT2D eigenvalue weighted by Gasteiger charge is 2.26. The molecule has 0 saturated carbocycles. The Morgan fingerprint density at radius 2 is 2.27 bits per heavy atom. The number of nitrogens with two attached hydrogens (primary N) is 1. The Kier molecular flexibility index (Phi) is 7.29. The SMILES string of the molecule is CC(C)N/C(=C\[C@@H](C)N)N1CCOC[C@H]1COc1cccc(O)c1C=O. The fraction of sp³-hybridized carbons (Fsp3) is 0.526. The lowest BCUT2D eigenvalue weighted by atomic mass is 10.2. The van der Waals surface area contributed by atoms with Gasteiger partial charge in [0.25, 0.3) is 0 Å². The van der Waals surface area contributed by atoms with Gasteiger partial charge in [0, 0.05) is 18.6 Å². The third-order valence-corrected chi connectivity index (χ3v) is 3.99. The summed E-state index contributed by atoms with van der Waals surface area (Å²) in [6, 6.07) is 4.91. The van der Waals surface area contributed by atoms with E-state index >= 15 is 0 Å². The molecule has 2 rings (SSSR count). The Morgan fingerprint density at radius 1 is 1.50 bits per heavy atom. The second kappa shape index (κ2) is 9.45. The van der Waals surface area contributed by atoms with Crippen LogP contribution in [0.5, 0.6) is 11.5 Å². The van der Waals surface area contributed by atoms with Crippen molar-refractivity contribution >= 4 is 6.29 Å². The monoisotopic (exact) mass is 363 g/mol. The van der Waals surface area contributed by atoms with Crippen molar-refractivity contribution in [1.82, 2.24) is 10.2 Å². The molecule has 1 fully saturated rings. The van der Waals surface area contributed by atoms with E-state index in [0.29, 0.717) is 38.4 Å². The molecule has 0 spiro atoms. The number of nitrogens with zero attached hydrogens (tertiary/aromatic N) is 1. The second-order valence-corrected chi connectivity index (χ2v) is 6.75. The van der Waals surface area contributed by atoms with E-state index in [4.69, 9.17) is 15.2 Å². The number of aldehydes is 1. The van der Waals surface area contributed by atoms with Crippen LogP contribution in [0, 0.1) is 0 Å². The van der Waals surface area contributed by atoms with Crippen molar-refractivity contribution in [3.8, 4) is 11.5 Å². The predicted octanol–water partition coefficient (Wildman–Crippen LogP) is 1.47.